The number of carbonyl (C=O) groups excluding carboxylic acids is 2. The predicted molar refractivity (Wildman–Crippen MR) is 104 cm³/mol. The summed E-state index contributed by atoms with van der Waals surface area (Å²) in [7, 11) is 0. The fraction of sp³-hybridized carbons (Fsp3) is 0.368. The van der Waals surface area contributed by atoms with Crippen molar-refractivity contribution in [3.05, 3.63) is 61.3 Å². The Morgan fingerprint density at radius 1 is 1.25 bits per heavy atom. The maximum absolute atomic E-state index is 12.6. The van der Waals surface area contributed by atoms with Crippen LogP contribution in [0.4, 0.5) is 5.82 Å². The lowest BCUT2D eigenvalue weighted by molar-refractivity contribution is -0.145. The van der Waals surface area contributed by atoms with Crippen molar-refractivity contribution in [3.63, 3.8) is 0 Å². The van der Waals surface area contributed by atoms with Crippen LogP contribution in [0.15, 0.2) is 33.9 Å². The van der Waals surface area contributed by atoms with E-state index in [-0.39, 0.29) is 17.9 Å². The molecule has 3 N–H and O–H groups in total. The third-order valence-electron chi connectivity index (χ3n) is 4.84. The summed E-state index contributed by atoms with van der Waals surface area (Å²) >= 11 is 5.88. The summed E-state index contributed by atoms with van der Waals surface area (Å²) in [5.41, 5.74) is 3.88. The van der Waals surface area contributed by atoms with E-state index in [9.17, 15) is 19.2 Å². The largest absolute Gasteiger partial charge is 0.457 e. The number of halogens is 1. The standard InChI is InChI=1S/C19H20ClN3O5/c1-2-9-23-15(21)14(16(25)22-18(23)27)13(24)10-28-17(26)19(7-8-19)11-3-5-12(20)6-4-11/h3-6H,2,7-10,21H2,1H3,(H,22,25,27). The highest BCUT2D eigenvalue weighted by molar-refractivity contribution is 6.30. The number of hydrogen-bond donors (Lipinski definition) is 2. The molecule has 28 heavy (non-hydrogen) atoms. The number of benzene rings is 1. The van der Waals surface area contributed by atoms with Crippen LogP contribution in [0.25, 0.3) is 0 Å². The average Bonchev–Trinajstić information content (AvgIpc) is 3.45. The van der Waals surface area contributed by atoms with Gasteiger partial charge in [-0.15, -0.1) is 0 Å². The SMILES string of the molecule is CCCn1c(N)c(C(=O)COC(=O)C2(c3ccc(Cl)cc3)CC2)c(=O)[nH]c1=O. The lowest BCUT2D eigenvalue weighted by Crippen LogP contribution is -2.37. The van der Waals surface area contributed by atoms with Crippen LogP contribution < -0.4 is 17.0 Å². The van der Waals surface area contributed by atoms with Gasteiger partial charge in [-0.25, -0.2) is 4.79 Å². The van der Waals surface area contributed by atoms with Gasteiger partial charge in [0.1, 0.15) is 11.4 Å². The van der Waals surface area contributed by atoms with Gasteiger partial charge < -0.3 is 10.5 Å². The van der Waals surface area contributed by atoms with E-state index in [0.717, 1.165) is 10.1 Å². The molecule has 0 aliphatic heterocycles. The number of H-pyrrole nitrogens is 1. The lowest BCUT2D eigenvalue weighted by Gasteiger charge is -2.15. The van der Waals surface area contributed by atoms with Crippen molar-refractivity contribution < 1.29 is 14.3 Å². The molecule has 3 rings (SSSR count). The van der Waals surface area contributed by atoms with E-state index >= 15 is 0 Å². The third-order valence-corrected chi connectivity index (χ3v) is 5.09. The predicted octanol–water partition coefficient (Wildman–Crippen LogP) is 1.64. The highest BCUT2D eigenvalue weighted by atomic mass is 35.5. The second-order valence-electron chi connectivity index (χ2n) is 6.76. The molecule has 1 fully saturated rings. The maximum Gasteiger partial charge on any atom is 0.329 e. The Labute approximate surface area is 165 Å². The Balaban J connectivity index is 1.77. The van der Waals surface area contributed by atoms with E-state index in [0.29, 0.717) is 24.3 Å². The number of hydrogen-bond acceptors (Lipinski definition) is 6. The second-order valence-corrected chi connectivity index (χ2v) is 7.20. The molecule has 0 spiro atoms. The Hall–Kier alpha value is -2.87. The molecule has 148 valence electrons. The van der Waals surface area contributed by atoms with Crippen LogP contribution in [0.2, 0.25) is 5.02 Å². The number of ether oxygens (including phenoxy) is 1. The third kappa shape index (κ3) is 3.60. The second kappa shape index (κ2) is 7.63. The first kappa shape index (κ1) is 19.9. The molecule has 8 nitrogen and oxygen atoms in total. The molecule has 2 aromatic rings. The molecule has 0 saturated heterocycles. The molecule has 1 aromatic carbocycles. The quantitative estimate of drug-likeness (QED) is 0.533. The van der Waals surface area contributed by atoms with Crippen LogP contribution in [-0.2, 0) is 21.5 Å². The number of nitrogens with zero attached hydrogens (tertiary/aromatic N) is 1. The maximum atomic E-state index is 12.6. The Kier molecular flexibility index (Phi) is 5.42. The molecule has 1 saturated carbocycles. The zero-order valence-corrected chi connectivity index (χ0v) is 16.0. The van der Waals surface area contributed by atoms with Gasteiger partial charge in [-0.2, -0.15) is 0 Å². The molecular weight excluding hydrogens is 386 g/mol. The van der Waals surface area contributed by atoms with Crippen molar-refractivity contribution in [2.75, 3.05) is 12.3 Å². The number of ketones is 1. The van der Waals surface area contributed by atoms with Gasteiger partial charge in [-0.3, -0.25) is 23.9 Å². The molecule has 0 amide bonds. The van der Waals surface area contributed by atoms with E-state index in [1.807, 2.05) is 6.92 Å². The molecule has 0 radical (unpaired) electrons. The monoisotopic (exact) mass is 405 g/mol. The molecule has 1 aromatic heterocycles. The van der Waals surface area contributed by atoms with Crippen LogP contribution in [-0.4, -0.2) is 27.9 Å². The summed E-state index contributed by atoms with van der Waals surface area (Å²) in [4.78, 5) is 51.0. The number of carbonyl (C=O) groups is 2. The van der Waals surface area contributed by atoms with E-state index in [2.05, 4.69) is 4.98 Å². The van der Waals surface area contributed by atoms with E-state index < -0.39 is 35.0 Å². The molecule has 0 bridgehead atoms. The van der Waals surface area contributed by atoms with Gasteiger partial charge in [-0.1, -0.05) is 30.7 Å². The number of anilines is 1. The summed E-state index contributed by atoms with van der Waals surface area (Å²) in [6.45, 7) is 1.44. The van der Waals surface area contributed by atoms with Gasteiger partial charge in [0.2, 0.25) is 5.78 Å². The summed E-state index contributed by atoms with van der Waals surface area (Å²) in [6.07, 6.45) is 1.79. The smallest absolute Gasteiger partial charge is 0.329 e. The van der Waals surface area contributed by atoms with Crippen LogP contribution >= 0.6 is 11.6 Å². The fourth-order valence-electron chi connectivity index (χ4n) is 3.15. The lowest BCUT2D eigenvalue weighted by atomic mass is 9.96. The number of nitrogen functional groups attached to an aromatic ring is 1. The van der Waals surface area contributed by atoms with E-state index in [1.165, 1.54) is 0 Å². The molecule has 0 unspecified atom stereocenters. The highest BCUT2D eigenvalue weighted by Gasteiger charge is 2.52. The van der Waals surface area contributed by atoms with Gasteiger partial charge >= 0.3 is 11.7 Å². The summed E-state index contributed by atoms with van der Waals surface area (Å²) < 4.78 is 6.31. The van der Waals surface area contributed by atoms with Gasteiger partial charge in [0.05, 0.1) is 5.41 Å². The van der Waals surface area contributed by atoms with Crippen molar-refractivity contribution >= 4 is 29.2 Å². The zero-order chi connectivity index (χ0) is 20.5. The Morgan fingerprint density at radius 2 is 1.89 bits per heavy atom. The van der Waals surface area contributed by atoms with E-state index in [4.69, 9.17) is 22.1 Å². The summed E-state index contributed by atoms with van der Waals surface area (Å²) in [6, 6.07) is 6.88. The zero-order valence-electron chi connectivity index (χ0n) is 15.3. The minimum Gasteiger partial charge on any atom is -0.457 e. The minimum atomic E-state index is -0.894. The van der Waals surface area contributed by atoms with Crippen molar-refractivity contribution in [3.8, 4) is 0 Å². The van der Waals surface area contributed by atoms with Crippen LogP contribution in [0, 0.1) is 0 Å². The number of aromatic nitrogens is 2. The summed E-state index contributed by atoms with van der Waals surface area (Å²) in [5, 5.41) is 0.556. The van der Waals surface area contributed by atoms with Crippen molar-refractivity contribution in [1.29, 1.82) is 0 Å². The number of aromatic amines is 1. The first-order valence-electron chi connectivity index (χ1n) is 8.89. The topological polar surface area (TPSA) is 124 Å². The van der Waals surface area contributed by atoms with Gasteiger partial charge in [-0.05, 0) is 37.0 Å². The van der Waals surface area contributed by atoms with Crippen LogP contribution in [0.5, 0.6) is 0 Å². The normalized spacial score (nSPS) is 14.5. The highest BCUT2D eigenvalue weighted by Crippen LogP contribution is 2.49. The van der Waals surface area contributed by atoms with Crippen molar-refractivity contribution in [2.24, 2.45) is 0 Å². The molecule has 1 aliphatic rings. The summed E-state index contributed by atoms with van der Waals surface area (Å²) in [5.74, 6) is -1.53. The van der Waals surface area contributed by atoms with Crippen molar-refractivity contribution in [2.45, 2.75) is 38.1 Å². The minimum absolute atomic E-state index is 0.226. The molecule has 0 atom stereocenters. The van der Waals surface area contributed by atoms with E-state index in [1.54, 1.807) is 24.3 Å². The number of esters is 1. The first-order valence-corrected chi connectivity index (χ1v) is 9.27. The number of Topliss-reactive ketones (excluding diaryl/α,β-unsaturated/α-hetero) is 1. The van der Waals surface area contributed by atoms with Gasteiger partial charge in [0.15, 0.2) is 6.61 Å². The molecule has 9 heteroatoms. The number of rotatable bonds is 7. The Bertz CT molecular complexity index is 1040. The number of nitrogens with one attached hydrogen (secondary N) is 1. The average molecular weight is 406 g/mol. The molecule has 1 aliphatic carbocycles. The Morgan fingerprint density at radius 3 is 2.46 bits per heavy atom. The fourth-order valence-corrected chi connectivity index (χ4v) is 3.27. The number of nitrogens with two attached hydrogens (primary N) is 1. The van der Waals surface area contributed by atoms with Crippen LogP contribution in [0.1, 0.15) is 42.1 Å². The van der Waals surface area contributed by atoms with Crippen molar-refractivity contribution in [1.82, 2.24) is 9.55 Å². The van der Waals surface area contributed by atoms with Gasteiger partial charge in [0, 0.05) is 11.6 Å². The first-order chi connectivity index (χ1) is 13.3. The molecule has 1 heterocycles. The van der Waals surface area contributed by atoms with Crippen LogP contribution in [0.3, 0.4) is 0 Å². The molecular formula is C19H20ClN3O5. The van der Waals surface area contributed by atoms with Gasteiger partial charge in [0.25, 0.3) is 5.56 Å².